The van der Waals surface area contributed by atoms with Crippen LogP contribution in [0.1, 0.15) is 72.3 Å². The minimum atomic E-state index is -5.88. The molecule has 8 nitrogen and oxygen atoms in total. The van der Waals surface area contributed by atoms with Crippen LogP contribution in [0.2, 0.25) is 5.54 Å². The number of hydrogen-bond acceptors (Lipinski definition) is 8. The smallest absolute Gasteiger partial charge is 0.459 e. The van der Waals surface area contributed by atoms with E-state index >= 15 is 0 Å². The average molecular weight is 673 g/mol. The first-order chi connectivity index (χ1) is 20.9. The molecule has 0 N–H and O–H groups in total. The Bertz CT molecular complexity index is 1120. The van der Waals surface area contributed by atoms with Crippen LogP contribution >= 0.6 is 0 Å². The number of carbonyl (C=O) groups is 3. The maximum atomic E-state index is 14.2. The summed E-state index contributed by atoms with van der Waals surface area (Å²) in [6.45, 7) is 8.13. The van der Waals surface area contributed by atoms with Crippen molar-refractivity contribution in [3.8, 4) is 0 Å². The standard InChI is InChI=1S/C30H42F6O8Si/c1-7-41-45(42-8-2,43-9-3)19(4)16-28(6,27(39)40-18-29(32,33)26(31)30(34,35)36)17-22(21-13-11-10-12-14-21)15-23-20(5)24(37)44-25(23)38/h10-14,19-20,22-23,26H,7-9,15-18H2,1-6H3. The fourth-order valence-electron chi connectivity index (χ4n) is 5.70. The molecular formula is C30H42F6O8Si. The lowest BCUT2D eigenvalue weighted by Gasteiger charge is -2.39. The molecule has 0 radical (unpaired) electrons. The number of alkyl halides is 6. The third-order valence-corrected chi connectivity index (χ3v) is 11.4. The maximum Gasteiger partial charge on any atom is 0.503 e. The van der Waals surface area contributed by atoms with E-state index in [1.165, 1.54) is 13.8 Å². The fraction of sp³-hybridized carbons (Fsp3) is 0.700. The van der Waals surface area contributed by atoms with E-state index < -0.39 is 80.3 Å². The molecule has 0 aromatic heterocycles. The summed E-state index contributed by atoms with van der Waals surface area (Å²) in [6, 6.07) is 8.58. The number of halogens is 6. The fourth-order valence-corrected chi connectivity index (χ4v) is 8.72. The topological polar surface area (TPSA) is 97.4 Å². The monoisotopic (exact) mass is 672 g/mol. The molecule has 1 aromatic carbocycles. The van der Waals surface area contributed by atoms with Gasteiger partial charge >= 0.3 is 38.8 Å². The molecular weight excluding hydrogens is 630 g/mol. The number of ether oxygens (including phenoxy) is 2. The number of esters is 3. The predicted molar refractivity (Wildman–Crippen MR) is 152 cm³/mol. The van der Waals surface area contributed by atoms with Crippen molar-refractivity contribution < 1.29 is 63.5 Å². The minimum absolute atomic E-state index is 0.0226. The molecule has 0 saturated carbocycles. The third-order valence-electron chi connectivity index (χ3n) is 7.93. The molecule has 256 valence electrons. The first kappa shape index (κ1) is 38.7. The molecule has 0 spiro atoms. The highest BCUT2D eigenvalue weighted by atomic mass is 28.4. The van der Waals surface area contributed by atoms with Gasteiger partial charge in [0.05, 0.1) is 17.3 Å². The van der Waals surface area contributed by atoms with Crippen LogP contribution in [0.15, 0.2) is 30.3 Å². The van der Waals surface area contributed by atoms with Crippen molar-refractivity contribution in [2.24, 2.45) is 17.3 Å². The Morgan fingerprint density at radius 3 is 1.91 bits per heavy atom. The van der Waals surface area contributed by atoms with Gasteiger partial charge in [0.25, 0.3) is 6.17 Å². The summed E-state index contributed by atoms with van der Waals surface area (Å²) in [4.78, 5) is 38.4. The Hall–Kier alpha value is -2.49. The number of cyclic esters (lactones) is 2. The maximum absolute atomic E-state index is 14.2. The summed E-state index contributed by atoms with van der Waals surface area (Å²) < 4.78 is 108. The van der Waals surface area contributed by atoms with Crippen LogP contribution in [0.4, 0.5) is 26.3 Å². The summed E-state index contributed by atoms with van der Waals surface area (Å²) in [6.07, 6.45) is -10.7. The van der Waals surface area contributed by atoms with E-state index in [-0.39, 0.29) is 39.1 Å². The van der Waals surface area contributed by atoms with Crippen molar-refractivity contribution in [3.63, 3.8) is 0 Å². The summed E-state index contributed by atoms with van der Waals surface area (Å²) in [5.74, 6) is -10.2. The van der Waals surface area contributed by atoms with E-state index in [1.807, 2.05) is 0 Å². The van der Waals surface area contributed by atoms with Gasteiger partial charge in [-0.05, 0) is 58.4 Å². The predicted octanol–water partition coefficient (Wildman–Crippen LogP) is 6.80. The van der Waals surface area contributed by atoms with Gasteiger partial charge < -0.3 is 22.8 Å². The van der Waals surface area contributed by atoms with Crippen molar-refractivity contribution in [1.82, 2.24) is 0 Å². The highest BCUT2D eigenvalue weighted by Gasteiger charge is 2.58. The highest BCUT2D eigenvalue weighted by molar-refractivity contribution is 6.62. The highest BCUT2D eigenvalue weighted by Crippen LogP contribution is 2.47. The van der Waals surface area contributed by atoms with Gasteiger partial charge in [-0.1, -0.05) is 44.2 Å². The molecule has 1 fully saturated rings. The Balaban J connectivity index is 2.56. The van der Waals surface area contributed by atoms with Crippen LogP contribution in [0.3, 0.4) is 0 Å². The van der Waals surface area contributed by atoms with Gasteiger partial charge in [0.15, 0.2) is 6.61 Å². The van der Waals surface area contributed by atoms with Crippen LogP contribution in [0.5, 0.6) is 0 Å². The van der Waals surface area contributed by atoms with E-state index in [1.54, 1.807) is 58.0 Å². The Kier molecular flexibility index (Phi) is 13.6. The molecule has 1 heterocycles. The van der Waals surface area contributed by atoms with E-state index in [4.69, 9.17) is 22.8 Å². The van der Waals surface area contributed by atoms with Gasteiger partial charge in [0.2, 0.25) is 0 Å². The lowest BCUT2D eigenvalue weighted by molar-refractivity contribution is -0.255. The van der Waals surface area contributed by atoms with Gasteiger partial charge in [-0.2, -0.15) is 22.0 Å². The van der Waals surface area contributed by atoms with Crippen LogP contribution in [0, 0.1) is 17.3 Å². The normalized spacial score (nSPS) is 21.2. The second-order valence-electron chi connectivity index (χ2n) is 11.5. The summed E-state index contributed by atoms with van der Waals surface area (Å²) in [5.41, 5.74) is -1.75. The molecule has 1 aromatic rings. The van der Waals surface area contributed by atoms with Crippen molar-refractivity contribution >= 4 is 26.7 Å². The van der Waals surface area contributed by atoms with Crippen molar-refractivity contribution in [2.45, 2.75) is 90.5 Å². The second-order valence-corrected chi connectivity index (χ2v) is 14.6. The summed E-state index contributed by atoms with van der Waals surface area (Å²) >= 11 is 0. The number of carbonyl (C=O) groups excluding carboxylic acids is 3. The first-order valence-electron chi connectivity index (χ1n) is 14.9. The second kappa shape index (κ2) is 15.9. The van der Waals surface area contributed by atoms with Crippen LogP contribution < -0.4 is 0 Å². The Labute approximate surface area is 260 Å². The molecule has 1 aliphatic heterocycles. The van der Waals surface area contributed by atoms with Gasteiger partial charge in [-0.25, -0.2) is 4.39 Å². The molecule has 45 heavy (non-hydrogen) atoms. The lowest BCUT2D eigenvalue weighted by atomic mass is 9.72. The SMILES string of the molecule is CCO[Si](OCC)(OCC)C(C)CC(C)(CC(CC1C(=O)OC(=O)C1C)c1ccccc1)C(=O)OCC(F)(F)C(F)C(F)(F)F. The zero-order valence-corrected chi connectivity index (χ0v) is 27.3. The third kappa shape index (κ3) is 9.75. The Morgan fingerprint density at radius 1 is 0.933 bits per heavy atom. The first-order valence-corrected chi connectivity index (χ1v) is 16.7. The van der Waals surface area contributed by atoms with Gasteiger partial charge in [-0.3, -0.25) is 14.4 Å². The molecule has 15 heteroatoms. The van der Waals surface area contributed by atoms with E-state index in [9.17, 15) is 40.7 Å². The van der Waals surface area contributed by atoms with Crippen LogP contribution in [-0.4, -0.2) is 71.4 Å². The number of benzene rings is 1. The summed E-state index contributed by atoms with van der Waals surface area (Å²) in [5, 5.41) is 0. The minimum Gasteiger partial charge on any atom is -0.459 e. The largest absolute Gasteiger partial charge is 0.503 e. The van der Waals surface area contributed by atoms with Gasteiger partial charge in [-0.15, -0.1) is 0 Å². The molecule has 2 rings (SSSR count). The van der Waals surface area contributed by atoms with Gasteiger partial charge in [0.1, 0.15) is 0 Å². The summed E-state index contributed by atoms with van der Waals surface area (Å²) in [7, 11) is -3.54. The average Bonchev–Trinajstić information content (AvgIpc) is 3.20. The lowest BCUT2D eigenvalue weighted by Crippen LogP contribution is -2.51. The quantitative estimate of drug-likeness (QED) is 0.0728. The van der Waals surface area contributed by atoms with E-state index in [0.29, 0.717) is 5.56 Å². The molecule has 0 bridgehead atoms. The van der Waals surface area contributed by atoms with Crippen molar-refractivity contribution in [1.29, 1.82) is 0 Å². The molecule has 6 atom stereocenters. The number of rotatable bonds is 18. The van der Waals surface area contributed by atoms with Gasteiger partial charge in [0, 0.05) is 25.4 Å². The number of hydrogen-bond donors (Lipinski definition) is 0. The van der Waals surface area contributed by atoms with E-state index in [2.05, 4.69) is 0 Å². The molecule has 0 amide bonds. The zero-order valence-electron chi connectivity index (χ0n) is 26.3. The van der Waals surface area contributed by atoms with Crippen LogP contribution in [-0.2, 0) is 37.1 Å². The molecule has 1 saturated heterocycles. The molecule has 0 aliphatic carbocycles. The molecule has 1 aliphatic rings. The zero-order chi connectivity index (χ0) is 34.2. The molecule has 6 unspecified atom stereocenters. The van der Waals surface area contributed by atoms with Crippen LogP contribution in [0.25, 0.3) is 0 Å². The van der Waals surface area contributed by atoms with E-state index in [0.717, 1.165) is 0 Å². The van der Waals surface area contributed by atoms with Crippen molar-refractivity contribution in [3.05, 3.63) is 35.9 Å². The van der Waals surface area contributed by atoms with Crippen molar-refractivity contribution in [2.75, 3.05) is 26.4 Å². The Morgan fingerprint density at radius 2 is 1.47 bits per heavy atom.